The number of hydrogen-bond donors (Lipinski definition) is 0. The number of piperidine rings is 1. The minimum Gasteiger partial charge on any atom is -0.497 e. The Bertz CT molecular complexity index is 678. The van der Waals surface area contributed by atoms with Crippen molar-refractivity contribution in [2.45, 2.75) is 44.6 Å². The highest BCUT2D eigenvalue weighted by molar-refractivity contribution is 7.89. The second-order valence-electron chi connectivity index (χ2n) is 6.68. The Morgan fingerprint density at radius 1 is 1.29 bits per heavy atom. The number of benzene rings is 1. The number of hydrogen-bond acceptors (Lipinski definition) is 4. The van der Waals surface area contributed by atoms with E-state index >= 15 is 0 Å². The average molecular weight is 353 g/mol. The van der Waals surface area contributed by atoms with Crippen LogP contribution in [0.1, 0.15) is 43.7 Å². The Morgan fingerprint density at radius 2 is 2.04 bits per heavy atom. The number of sulfonamides is 1. The van der Waals surface area contributed by atoms with E-state index < -0.39 is 10.0 Å². The summed E-state index contributed by atoms with van der Waals surface area (Å²) in [5.74, 6) is 1.12. The molecule has 0 saturated carbocycles. The van der Waals surface area contributed by atoms with Crippen molar-refractivity contribution in [3.8, 4) is 5.75 Å². The highest BCUT2D eigenvalue weighted by Crippen LogP contribution is 2.42. The molecule has 1 saturated heterocycles. The summed E-state index contributed by atoms with van der Waals surface area (Å²) in [6.45, 7) is 3.78. The predicted octanol–water partition coefficient (Wildman–Crippen LogP) is 2.69. The predicted molar refractivity (Wildman–Crippen MR) is 93.8 cm³/mol. The summed E-state index contributed by atoms with van der Waals surface area (Å²) in [6.07, 6.45) is 3.95. The van der Waals surface area contributed by atoms with Crippen LogP contribution in [0.15, 0.2) is 18.2 Å². The van der Waals surface area contributed by atoms with Crippen LogP contribution in [0.5, 0.6) is 5.75 Å². The molecule has 0 aliphatic carbocycles. The molecule has 1 fully saturated rings. The highest BCUT2D eigenvalue weighted by Gasteiger charge is 2.42. The first-order valence-corrected chi connectivity index (χ1v) is 10.4. The molecular weight excluding hydrogens is 326 g/mol. The first-order chi connectivity index (χ1) is 11.5. The third kappa shape index (κ3) is 3.32. The second kappa shape index (κ2) is 7.02. The molecule has 0 amide bonds. The van der Waals surface area contributed by atoms with Gasteiger partial charge in [-0.15, -0.1) is 0 Å². The van der Waals surface area contributed by atoms with Gasteiger partial charge in [0.25, 0.3) is 0 Å². The Morgan fingerprint density at radius 3 is 2.71 bits per heavy atom. The summed E-state index contributed by atoms with van der Waals surface area (Å²) < 4.78 is 38.0. The van der Waals surface area contributed by atoms with E-state index in [-0.39, 0.29) is 11.4 Å². The molecule has 1 aromatic carbocycles. The van der Waals surface area contributed by atoms with Crippen molar-refractivity contribution in [1.82, 2.24) is 4.31 Å². The largest absolute Gasteiger partial charge is 0.497 e. The van der Waals surface area contributed by atoms with Crippen LogP contribution in [0.25, 0.3) is 0 Å². The van der Waals surface area contributed by atoms with Gasteiger partial charge in [0.15, 0.2) is 0 Å². The summed E-state index contributed by atoms with van der Waals surface area (Å²) in [4.78, 5) is 0. The van der Waals surface area contributed by atoms with Gasteiger partial charge in [0.05, 0.1) is 25.1 Å². The molecule has 0 unspecified atom stereocenters. The maximum atomic E-state index is 12.4. The molecule has 6 heteroatoms. The van der Waals surface area contributed by atoms with E-state index in [9.17, 15) is 8.42 Å². The van der Waals surface area contributed by atoms with Crippen LogP contribution < -0.4 is 4.74 Å². The normalized spacial score (nSPS) is 20.8. The van der Waals surface area contributed by atoms with Gasteiger partial charge in [-0.1, -0.05) is 19.4 Å². The molecule has 2 aliphatic heterocycles. The van der Waals surface area contributed by atoms with Crippen LogP contribution in [0, 0.1) is 0 Å². The maximum absolute atomic E-state index is 12.4. The minimum absolute atomic E-state index is 0.255. The SMILES string of the molecule is CCCCS(=O)(=O)N1CCC2(CC1)OCCc1cc(OC)ccc12. The third-order valence-electron chi connectivity index (χ3n) is 5.23. The fourth-order valence-electron chi connectivity index (χ4n) is 3.78. The fraction of sp³-hybridized carbons (Fsp3) is 0.667. The Hall–Kier alpha value is -1.11. The molecule has 134 valence electrons. The molecule has 2 aliphatic rings. The van der Waals surface area contributed by atoms with Crippen molar-refractivity contribution in [3.63, 3.8) is 0 Å². The lowest BCUT2D eigenvalue weighted by Crippen LogP contribution is -2.48. The van der Waals surface area contributed by atoms with Gasteiger partial charge in [-0.2, -0.15) is 0 Å². The molecule has 2 heterocycles. The van der Waals surface area contributed by atoms with Gasteiger partial charge in [-0.3, -0.25) is 0 Å². The number of rotatable bonds is 5. The molecule has 5 nitrogen and oxygen atoms in total. The van der Waals surface area contributed by atoms with E-state index in [0.717, 1.165) is 37.9 Å². The monoisotopic (exact) mass is 353 g/mol. The number of fused-ring (bicyclic) bond motifs is 2. The van der Waals surface area contributed by atoms with E-state index in [2.05, 4.69) is 12.1 Å². The van der Waals surface area contributed by atoms with Crippen molar-refractivity contribution >= 4 is 10.0 Å². The van der Waals surface area contributed by atoms with Crippen molar-refractivity contribution in [1.29, 1.82) is 0 Å². The first-order valence-electron chi connectivity index (χ1n) is 8.80. The summed E-state index contributed by atoms with van der Waals surface area (Å²) in [5, 5.41) is 0. The van der Waals surface area contributed by atoms with Gasteiger partial charge in [-0.25, -0.2) is 12.7 Å². The van der Waals surface area contributed by atoms with Crippen molar-refractivity contribution in [3.05, 3.63) is 29.3 Å². The Kier molecular flexibility index (Phi) is 5.18. The van der Waals surface area contributed by atoms with Gasteiger partial charge in [-0.05, 0) is 48.9 Å². The molecule has 0 bridgehead atoms. The van der Waals surface area contributed by atoms with E-state index in [1.165, 1.54) is 11.1 Å². The zero-order valence-electron chi connectivity index (χ0n) is 14.6. The summed E-state index contributed by atoms with van der Waals surface area (Å²) in [6, 6.07) is 6.15. The summed E-state index contributed by atoms with van der Waals surface area (Å²) in [7, 11) is -1.45. The molecule has 0 radical (unpaired) electrons. The smallest absolute Gasteiger partial charge is 0.214 e. The van der Waals surface area contributed by atoms with Crippen LogP contribution >= 0.6 is 0 Å². The molecule has 0 aromatic heterocycles. The van der Waals surface area contributed by atoms with E-state index in [4.69, 9.17) is 9.47 Å². The van der Waals surface area contributed by atoms with Crippen LogP contribution in [0.2, 0.25) is 0 Å². The number of nitrogens with zero attached hydrogens (tertiary/aromatic N) is 1. The molecular formula is C18H27NO4S. The van der Waals surface area contributed by atoms with Gasteiger partial charge in [0.2, 0.25) is 10.0 Å². The number of ether oxygens (including phenoxy) is 2. The molecule has 0 N–H and O–H groups in total. The fourth-order valence-corrected chi connectivity index (χ4v) is 5.43. The van der Waals surface area contributed by atoms with Crippen LogP contribution in [-0.2, 0) is 26.8 Å². The molecule has 3 rings (SSSR count). The van der Waals surface area contributed by atoms with Crippen molar-refractivity contribution < 1.29 is 17.9 Å². The van der Waals surface area contributed by atoms with Crippen LogP contribution in [0.3, 0.4) is 0 Å². The first kappa shape index (κ1) is 17.7. The minimum atomic E-state index is -3.13. The number of unbranched alkanes of at least 4 members (excludes halogenated alkanes) is 1. The molecule has 24 heavy (non-hydrogen) atoms. The lowest BCUT2D eigenvalue weighted by atomic mass is 9.80. The van der Waals surface area contributed by atoms with Crippen LogP contribution in [-0.4, -0.2) is 45.3 Å². The quantitative estimate of drug-likeness (QED) is 0.817. The van der Waals surface area contributed by atoms with Crippen LogP contribution in [0.4, 0.5) is 0 Å². The highest BCUT2D eigenvalue weighted by atomic mass is 32.2. The molecule has 1 aromatic rings. The van der Waals surface area contributed by atoms with E-state index in [1.807, 2.05) is 13.0 Å². The summed E-state index contributed by atoms with van der Waals surface area (Å²) >= 11 is 0. The third-order valence-corrected chi connectivity index (χ3v) is 7.19. The van der Waals surface area contributed by atoms with Gasteiger partial charge < -0.3 is 9.47 Å². The Balaban J connectivity index is 1.77. The topological polar surface area (TPSA) is 55.8 Å². The Labute approximate surface area is 145 Å². The zero-order valence-corrected chi connectivity index (χ0v) is 15.4. The van der Waals surface area contributed by atoms with Gasteiger partial charge >= 0.3 is 0 Å². The number of methoxy groups -OCH3 is 1. The lowest BCUT2D eigenvalue weighted by Gasteiger charge is -2.44. The second-order valence-corrected chi connectivity index (χ2v) is 8.77. The standard InChI is InChI=1S/C18H27NO4S/c1-3-4-13-24(20,21)19-10-8-18(9-11-19)17-6-5-16(22-2)14-15(17)7-12-23-18/h5-6,14H,3-4,7-13H2,1-2H3. The van der Waals surface area contributed by atoms with Crippen molar-refractivity contribution in [2.75, 3.05) is 32.6 Å². The maximum Gasteiger partial charge on any atom is 0.214 e. The summed E-state index contributed by atoms with van der Waals surface area (Å²) in [5.41, 5.74) is 2.14. The van der Waals surface area contributed by atoms with E-state index in [1.54, 1.807) is 11.4 Å². The van der Waals surface area contributed by atoms with E-state index in [0.29, 0.717) is 19.7 Å². The molecule has 0 atom stereocenters. The van der Waals surface area contributed by atoms with Gasteiger partial charge in [0.1, 0.15) is 5.75 Å². The average Bonchev–Trinajstić information content (AvgIpc) is 2.60. The van der Waals surface area contributed by atoms with Gasteiger partial charge in [0, 0.05) is 13.1 Å². The zero-order chi connectivity index (χ0) is 17.2. The lowest BCUT2D eigenvalue weighted by molar-refractivity contribution is -0.0892. The van der Waals surface area contributed by atoms with Crippen molar-refractivity contribution in [2.24, 2.45) is 0 Å². The molecule has 1 spiro atoms.